The van der Waals surface area contributed by atoms with Crippen molar-refractivity contribution < 1.29 is 0 Å². The van der Waals surface area contributed by atoms with Gasteiger partial charge in [0.25, 0.3) is 0 Å². The van der Waals surface area contributed by atoms with Gasteiger partial charge in [0, 0.05) is 5.69 Å². The molecule has 0 saturated heterocycles. The Hall–Kier alpha value is -1.24. The first-order chi connectivity index (χ1) is 6.48. The van der Waals surface area contributed by atoms with Gasteiger partial charge in [-0.3, -0.25) is 0 Å². The standard InChI is InChI=1S/C13H17N/c1-9-7-10(2)12-11(8-9)5-6-13(3,4)14-12/h5-8,14H,1-4H3. The second-order valence-corrected chi connectivity index (χ2v) is 4.73. The first-order valence-corrected chi connectivity index (χ1v) is 5.07. The van der Waals surface area contributed by atoms with Crippen LogP contribution in [-0.2, 0) is 0 Å². The van der Waals surface area contributed by atoms with Crippen LogP contribution in [0.1, 0.15) is 30.5 Å². The molecule has 0 unspecified atom stereocenters. The molecule has 1 heteroatoms. The van der Waals surface area contributed by atoms with Crippen molar-refractivity contribution in [3.63, 3.8) is 0 Å². The number of hydrogen-bond acceptors (Lipinski definition) is 1. The summed E-state index contributed by atoms with van der Waals surface area (Å²) in [5, 5.41) is 3.54. The van der Waals surface area contributed by atoms with Gasteiger partial charge in [-0.2, -0.15) is 0 Å². The van der Waals surface area contributed by atoms with Crippen LogP contribution in [0.25, 0.3) is 6.08 Å². The van der Waals surface area contributed by atoms with E-state index in [2.05, 4.69) is 57.3 Å². The molecule has 1 aliphatic heterocycles. The number of fused-ring (bicyclic) bond motifs is 1. The molecule has 1 aromatic carbocycles. The largest absolute Gasteiger partial charge is 0.376 e. The van der Waals surface area contributed by atoms with Crippen LogP contribution in [0.2, 0.25) is 0 Å². The summed E-state index contributed by atoms with van der Waals surface area (Å²) in [4.78, 5) is 0. The van der Waals surface area contributed by atoms with Crippen molar-refractivity contribution in [1.82, 2.24) is 0 Å². The Kier molecular flexibility index (Phi) is 1.91. The Balaban J connectivity index is 2.56. The summed E-state index contributed by atoms with van der Waals surface area (Å²) in [6.07, 6.45) is 4.43. The lowest BCUT2D eigenvalue weighted by Gasteiger charge is -2.30. The molecule has 0 atom stereocenters. The summed E-state index contributed by atoms with van der Waals surface area (Å²) in [6, 6.07) is 4.45. The lowest BCUT2D eigenvalue weighted by molar-refractivity contribution is 0.709. The molecule has 1 heterocycles. The van der Waals surface area contributed by atoms with Crippen molar-refractivity contribution in [1.29, 1.82) is 0 Å². The molecule has 0 amide bonds. The zero-order valence-electron chi connectivity index (χ0n) is 9.31. The van der Waals surface area contributed by atoms with E-state index in [0.29, 0.717) is 0 Å². The number of benzene rings is 1. The van der Waals surface area contributed by atoms with E-state index in [4.69, 9.17) is 0 Å². The maximum atomic E-state index is 3.54. The van der Waals surface area contributed by atoms with Gasteiger partial charge in [0.1, 0.15) is 0 Å². The monoisotopic (exact) mass is 187 g/mol. The van der Waals surface area contributed by atoms with Crippen LogP contribution in [-0.4, -0.2) is 5.54 Å². The molecule has 0 fully saturated rings. The predicted molar refractivity (Wildman–Crippen MR) is 62.7 cm³/mol. The van der Waals surface area contributed by atoms with Gasteiger partial charge in [0.05, 0.1) is 5.54 Å². The predicted octanol–water partition coefficient (Wildman–Crippen LogP) is 3.52. The number of rotatable bonds is 0. The smallest absolute Gasteiger partial charge is 0.0503 e. The van der Waals surface area contributed by atoms with Crippen molar-refractivity contribution in [2.75, 3.05) is 5.32 Å². The van der Waals surface area contributed by atoms with Gasteiger partial charge in [-0.05, 0) is 44.9 Å². The zero-order valence-corrected chi connectivity index (χ0v) is 9.31. The van der Waals surface area contributed by atoms with Gasteiger partial charge < -0.3 is 5.32 Å². The molecule has 1 N–H and O–H groups in total. The fourth-order valence-corrected chi connectivity index (χ4v) is 1.96. The summed E-state index contributed by atoms with van der Waals surface area (Å²) < 4.78 is 0. The van der Waals surface area contributed by atoms with Gasteiger partial charge in [-0.1, -0.05) is 23.8 Å². The lowest BCUT2D eigenvalue weighted by Crippen LogP contribution is -2.30. The Bertz CT molecular complexity index is 400. The lowest BCUT2D eigenvalue weighted by atomic mass is 9.93. The maximum Gasteiger partial charge on any atom is 0.0503 e. The fourth-order valence-electron chi connectivity index (χ4n) is 1.96. The SMILES string of the molecule is Cc1cc(C)c2c(c1)C=CC(C)(C)N2. The summed E-state index contributed by atoms with van der Waals surface area (Å²) >= 11 is 0. The third kappa shape index (κ3) is 1.54. The minimum Gasteiger partial charge on any atom is -0.376 e. The number of hydrogen-bond donors (Lipinski definition) is 1. The van der Waals surface area contributed by atoms with Crippen LogP contribution in [0, 0.1) is 13.8 Å². The topological polar surface area (TPSA) is 12.0 Å². The zero-order chi connectivity index (χ0) is 10.3. The van der Waals surface area contributed by atoms with Crippen LogP contribution in [0.15, 0.2) is 18.2 Å². The first kappa shape index (κ1) is 9.32. The van der Waals surface area contributed by atoms with Crippen LogP contribution in [0.3, 0.4) is 0 Å². The van der Waals surface area contributed by atoms with Crippen LogP contribution >= 0.6 is 0 Å². The van der Waals surface area contributed by atoms with Crippen LogP contribution in [0.4, 0.5) is 5.69 Å². The normalized spacial score (nSPS) is 17.4. The Morgan fingerprint density at radius 2 is 1.86 bits per heavy atom. The van der Waals surface area contributed by atoms with Crippen molar-refractivity contribution in [3.8, 4) is 0 Å². The molecular weight excluding hydrogens is 170 g/mol. The average molecular weight is 187 g/mol. The van der Waals surface area contributed by atoms with E-state index >= 15 is 0 Å². The highest BCUT2D eigenvalue weighted by Gasteiger charge is 2.20. The highest BCUT2D eigenvalue weighted by molar-refractivity contribution is 5.75. The molecule has 0 spiro atoms. The van der Waals surface area contributed by atoms with Crippen molar-refractivity contribution >= 4 is 11.8 Å². The van der Waals surface area contributed by atoms with Gasteiger partial charge >= 0.3 is 0 Å². The van der Waals surface area contributed by atoms with E-state index in [-0.39, 0.29) is 5.54 Å². The molecule has 2 rings (SSSR count). The molecule has 0 aliphatic carbocycles. The van der Waals surface area contributed by atoms with E-state index in [1.807, 2.05) is 0 Å². The summed E-state index contributed by atoms with van der Waals surface area (Å²) in [5.74, 6) is 0. The number of anilines is 1. The highest BCUT2D eigenvalue weighted by Crippen LogP contribution is 2.31. The number of aryl methyl sites for hydroxylation is 2. The molecule has 0 bridgehead atoms. The Morgan fingerprint density at radius 1 is 1.14 bits per heavy atom. The Morgan fingerprint density at radius 3 is 2.57 bits per heavy atom. The van der Waals surface area contributed by atoms with Crippen molar-refractivity contribution in [3.05, 3.63) is 34.9 Å². The van der Waals surface area contributed by atoms with Crippen LogP contribution in [0.5, 0.6) is 0 Å². The molecule has 1 aromatic rings. The number of nitrogens with one attached hydrogen (secondary N) is 1. The first-order valence-electron chi connectivity index (χ1n) is 5.07. The quantitative estimate of drug-likeness (QED) is 0.655. The molecule has 74 valence electrons. The molecule has 0 saturated carbocycles. The molecule has 0 aromatic heterocycles. The average Bonchev–Trinajstić information content (AvgIpc) is 2.06. The van der Waals surface area contributed by atoms with E-state index in [1.54, 1.807) is 0 Å². The van der Waals surface area contributed by atoms with E-state index in [9.17, 15) is 0 Å². The molecule has 1 aliphatic rings. The second-order valence-electron chi connectivity index (χ2n) is 4.73. The van der Waals surface area contributed by atoms with Crippen LogP contribution < -0.4 is 5.32 Å². The summed E-state index contributed by atoms with van der Waals surface area (Å²) in [5.41, 5.74) is 5.32. The molecule has 1 nitrogen and oxygen atoms in total. The van der Waals surface area contributed by atoms with E-state index in [0.717, 1.165) is 0 Å². The minimum atomic E-state index is 0.0764. The van der Waals surface area contributed by atoms with Gasteiger partial charge in [0.2, 0.25) is 0 Å². The fraction of sp³-hybridized carbons (Fsp3) is 0.385. The maximum absolute atomic E-state index is 3.54. The van der Waals surface area contributed by atoms with Gasteiger partial charge in [-0.15, -0.1) is 0 Å². The van der Waals surface area contributed by atoms with E-state index < -0.39 is 0 Å². The Labute approximate surface area is 85.8 Å². The molecule has 14 heavy (non-hydrogen) atoms. The van der Waals surface area contributed by atoms with Crippen molar-refractivity contribution in [2.24, 2.45) is 0 Å². The summed E-state index contributed by atoms with van der Waals surface area (Å²) in [6.45, 7) is 8.67. The minimum absolute atomic E-state index is 0.0764. The van der Waals surface area contributed by atoms with Gasteiger partial charge in [0.15, 0.2) is 0 Å². The molecule has 0 radical (unpaired) electrons. The second kappa shape index (κ2) is 2.88. The summed E-state index contributed by atoms with van der Waals surface area (Å²) in [7, 11) is 0. The molecular formula is C13H17N. The third-order valence-corrected chi connectivity index (χ3v) is 2.64. The van der Waals surface area contributed by atoms with Crippen molar-refractivity contribution in [2.45, 2.75) is 33.2 Å². The highest BCUT2D eigenvalue weighted by atomic mass is 15.0. The third-order valence-electron chi connectivity index (χ3n) is 2.64. The van der Waals surface area contributed by atoms with Gasteiger partial charge in [-0.25, -0.2) is 0 Å². The van der Waals surface area contributed by atoms with E-state index in [1.165, 1.54) is 22.4 Å².